The van der Waals surface area contributed by atoms with Gasteiger partial charge in [-0.05, 0) is 44.5 Å². The topological polar surface area (TPSA) is 93.4 Å². The smallest absolute Gasteiger partial charge is 0.350 e. The fraction of sp³-hybridized carbons (Fsp3) is 0.333. The van der Waals surface area contributed by atoms with Crippen molar-refractivity contribution in [2.75, 3.05) is 13.7 Å². The number of hydrogen-bond acceptors (Lipinski definition) is 6. The van der Waals surface area contributed by atoms with E-state index in [2.05, 4.69) is 37.8 Å². The Morgan fingerprint density at radius 2 is 2.10 bits per heavy atom. The summed E-state index contributed by atoms with van der Waals surface area (Å²) in [5.41, 5.74) is 2.81. The van der Waals surface area contributed by atoms with Crippen molar-refractivity contribution in [3.63, 3.8) is 0 Å². The van der Waals surface area contributed by atoms with E-state index in [4.69, 9.17) is 4.74 Å². The highest BCUT2D eigenvalue weighted by Crippen LogP contribution is 2.24. The van der Waals surface area contributed by atoms with Gasteiger partial charge < -0.3 is 15.4 Å². The first-order valence-electron chi connectivity index (χ1n) is 9.72. The van der Waals surface area contributed by atoms with E-state index in [0.29, 0.717) is 29.7 Å². The van der Waals surface area contributed by atoms with Crippen LogP contribution >= 0.6 is 11.3 Å². The minimum absolute atomic E-state index is 0.106. The van der Waals surface area contributed by atoms with Crippen LogP contribution in [0.15, 0.2) is 47.7 Å². The first-order chi connectivity index (χ1) is 14.5. The standard InChI is InChI=1S/C21H26N6O2S/c1-5-29-20(28)18-14(2)25-19(30-18)15(3)26-21(22-4)23-13-16-7-9-17(10-8-16)27-12-6-11-24-27/h6-12,15H,5,13H2,1-4H3,(H2,22,23,26). The van der Waals surface area contributed by atoms with Crippen molar-refractivity contribution < 1.29 is 9.53 Å². The maximum absolute atomic E-state index is 12.0. The van der Waals surface area contributed by atoms with Gasteiger partial charge in [-0.15, -0.1) is 11.3 Å². The number of hydrogen-bond donors (Lipinski definition) is 2. The number of carbonyl (C=O) groups is 1. The molecule has 0 bridgehead atoms. The molecule has 158 valence electrons. The quantitative estimate of drug-likeness (QED) is 0.342. The van der Waals surface area contributed by atoms with Crippen LogP contribution in [0, 0.1) is 6.92 Å². The number of guanidine groups is 1. The van der Waals surface area contributed by atoms with Crippen molar-refractivity contribution in [3.8, 4) is 5.69 Å². The van der Waals surface area contributed by atoms with Crippen molar-refractivity contribution in [1.82, 2.24) is 25.4 Å². The lowest BCUT2D eigenvalue weighted by atomic mass is 10.2. The van der Waals surface area contributed by atoms with Gasteiger partial charge in [0, 0.05) is 26.0 Å². The van der Waals surface area contributed by atoms with Gasteiger partial charge in [-0.1, -0.05) is 12.1 Å². The first kappa shape index (κ1) is 21.5. The molecular weight excluding hydrogens is 400 g/mol. The SMILES string of the molecule is CCOC(=O)c1sc(C(C)NC(=NC)NCc2ccc(-n3cccn3)cc2)nc1C. The molecular formula is C21H26N6O2S. The Morgan fingerprint density at radius 1 is 1.33 bits per heavy atom. The zero-order chi connectivity index (χ0) is 21.5. The van der Waals surface area contributed by atoms with E-state index in [1.54, 1.807) is 20.2 Å². The largest absolute Gasteiger partial charge is 0.462 e. The van der Waals surface area contributed by atoms with Crippen LogP contribution in [0.1, 0.15) is 45.8 Å². The van der Waals surface area contributed by atoms with E-state index in [1.165, 1.54) is 11.3 Å². The molecule has 2 heterocycles. The normalized spacial score (nSPS) is 12.5. The predicted octanol–water partition coefficient (Wildman–Crippen LogP) is 3.24. The summed E-state index contributed by atoms with van der Waals surface area (Å²) in [4.78, 5) is 21.4. The van der Waals surface area contributed by atoms with Gasteiger partial charge in [0.15, 0.2) is 5.96 Å². The minimum Gasteiger partial charge on any atom is -0.462 e. The molecule has 2 N–H and O–H groups in total. The van der Waals surface area contributed by atoms with Gasteiger partial charge in [0.2, 0.25) is 0 Å². The van der Waals surface area contributed by atoms with Gasteiger partial charge >= 0.3 is 5.97 Å². The molecule has 9 heteroatoms. The molecule has 0 radical (unpaired) electrons. The number of aliphatic imine (C=N–C) groups is 1. The summed E-state index contributed by atoms with van der Waals surface area (Å²) in [5, 5.41) is 11.7. The number of benzene rings is 1. The average molecular weight is 427 g/mol. The number of nitrogens with one attached hydrogen (secondary N) is 2. The lowest BCUT2D eigenvalue weighted by molar-refractivity contribution is 0.0531. The lowest BCUT2D eigenvalue weighted by Gasteiger charge is -2.16. The van der Waals surface area contributed by atoms with E-state index >= 15 is 0 Å². The molecule has 0 aliphatic heterocycles. The third-order valence-corrected chi connectivity index (χ3v) is 5.71. The molecule has 0 amide bonds. The fourth-order valence-electron chi connectivity index (χ4n) is 2.82. The fourth-order valence-corrected chi connectivity index (χ4v) is 3.79. The Balaban J connectivity index is 1.58. The van der Waals surface area contributed by atoms with Crippen LogP contribution < -0.4 is 10.6 Å². The number of esters is 1. The molecule has 0 saturated carbocycles. The Morgan fingerprint density at radius 3 is 2.73 bits per heavy atom. The summed E-state index contributed by atoms with van der Waals surface area (Å²) in [6.45, 7) is 6.56. The maximum atomic E-state index is 12.0. The highest BCUT2D eigenvalue weighted by molar-refractivity contribution is 7.13. The van der Waals surface area contributed by atoms with Crippen LogP contribution in [-0.4, -0.2) is 40.3 Å². The van der Waals surface area contributed by atoms with Gasteiger partial charge in [0.25, 0.3) is 0 Å². The molecule has 3 rings (SSSR count). The molecule has 2 aromatic heterocycles. The predicted molar refractivity (Wildman–Crippen MR) is 118 cm³/mol. The van der Waals surface area contributed by atoms with Gasteiger partial charge in [0.1, 0.15) is 9.88 Å². The van der Waals surface area contributed by atoms with Crippen molar-refractivity contribution in [3.05, 3.63) is 63.9 Å². The summed E-state index contributed by atoms with van der Waals surface area (Å²) < 4.78 is 6.91. The number of thiazole rings is 1. The molecule has 30 heavy (non-hydrogen) atoms. The van der Waals surface area contributed by atoms with E-state index < -0.39 is 0 Å². The number of ether oxygens (including phenoxy) is 1. The highest BCUT2D eigenvalue weighted by atomic mass is 32.1. The monoisotopic (exact) mass is 426 g/mol. The van der Waals surface area contributed by atoms with Gasteiger partial charge in [-0.3, -0.25) is 4.99 Å². The van der Waals surface area contributed by atoms with Crippen LogP contribution in [0.4, 0.5) is 0 Å². The third kappa shape index (κ3) is 5.24. The van der Waals surface area contributed by atoms with E-state index in [9.17, 15) is 4.79 Å². The molecule has 0 aliphatic carbocycles. The number of nitrogens with zero attached hydrogens (tertiary/aromatic N) is 4. The zero-order valence-electron chi connectivity index (χ0n) is 17.5. The number of rotatable bonds is 7. The molecule has 1 atom stereocenters. The Labute approximate surface area is 180 Å². The van der Waals surface area contributed by atoms with Crippen molar-refractivity contribution >= 4 is 23.3 Å². The summed E-state index contributed by atoms with van der Waals surface area (Å²) in [6.07, 6.45) is 3.67. The molecule has 3 aromatic rings. The Bertz CT molecular complexity index is 995. The molecule has 0 aliphatic rings. The van der Waals surface area contributed by atoms with Crippen LogP contribution in [0.2, 0.25) is 0 Å². The van der Waals surface area contributed by atoms with Crippen molar-refractivity contribution in [2.45, 2.75) is 33.4 Å². The Hall–Kier alpha value is -3.20. The molecule has 8 nitrogen and oxygen atoms in total. The summed E-state index contributed by atoms with van der Waals surface area (Å²) >= 11 is 1.34. The molecule has 1 unspecified atom stereocenters. The number of aromatic nitrogens is 3. The van der Waals surface area contributed by atoms with Crippen molar-refractivity contribution in [2.24, 2.45) is 4.99 Å². The van der Waals surface area contributed by atoms with Crippen LogP contribution in [-0.2, 0) is 11.3 Å². The van der Waals surface area contributed by atoms with Crippen LogP contribution in [0.25, 0.3) is 5.69 Å². The number of aryl methyl sites for hydroxylation is 1. The second-order valence-electron chi connectivity index (χ2n) is 6.60. The molecule has 1 aromatic carbocycles. The summed E-state index contributed by atoms with van der Waals surface area (Å²) in [6, 6.07) is 9.94. The second-order valence-corrected chi connectivity index (χ2v) is 7.63. The van der Waals surface area contributed by atoms with Crippen molar-refractivity contribution in [1.29, 1.82) is 0 Å². The van der Waals surface area contributed by atoms with Gasteiger partial charge in [0.05, 0.1) is 24.0 Å². The molecule has 0 saturated heterocycles. The van der Waals surface area contributed by atoms with Gasteiger partial charge in [-0.2, -0.15) is 5.10 Å². The van der Waals surface area contributed by atoms with Crippen LogP contribution in [0.3, 0.4) is 0 Å². The van der Waals surface area contributed by atoms with E-state index in [1.807, 2.05) is 42.9 Å². The Kier molecular flexibility index (Phi) is 7.18. The van der Waals surface area contributed by atoms with E-state index in [-0.39, 0.29) is 12.0 Å². The highest BCUT2D eigenvalue weighted by Gasteiger charge is 2.20. The maximum Gasteiger partial charge on any atom is 0.350 e. The first-order valence-corrected chi connectivity index (χ1v) is 10.5. The van der Waals surface area contributed by atoms with Gasteiger partial charge in [-0.25, -0.2) is 14.5 Å². The lowest BCUT2D eigenvalue weighted by Crippen LogP contribution is -2.38. The van der Waals surface area contributed by atoms with E-state index in [0.717, 1.165) is 16.3 Å². The molecule has 0 spiro atoms. The average Bonchev–Trinajstić information content (AvgIpc) is 3.41. The third-order valence-electron chi connectivity index (χ3n) is 4.39. The minimum atomic E-state index is -0.327. The second kappa shape index (κ2) is 10.0. The zero-order valence-corrected chi connectivity index (χ0v) is 18.4. The molecule has 0 fully saturated rings. The summed E-state index contributed by atoms with van der Waals surface area (Å²) in [7, 11) is 1.72. The summed E-state index contributed by atoms with van der Waals surface area (Å²) in [5.74, 6) is 0.330. The number of carbonyl (C=O) groups excluding carboxylic acids is 1. The van der Waals surface area contributed by atoms with Crippen LogP contribution in [0.5, 0.6) is 0 Å².